The first-order valence-corrected chi connectivity index (χ1v) is 11.7. The summed E-state index contributed by atoms with van der Waals surface area (Å²) in [7, 11) is 0. The number of rotatable bonds is 7. The first-order valence-electron chi connectivity index (χ1n) is 11.7. The number of amides is 1. The highest BCUT2D eigenvalue weighted by molar-refractivity contribution is 5.92. The van der Waals surface area contributed by atoms with Crippen LogP contribution in [0.1, 0.15) is 77.0 Å². The van der Waals surface area contributed by atoms with Crippen LogP contribution in [0.25, 0.3) is 0 Å². The van der Waals surface area contributed by atoms with Crippen LogP contribution in [0.2, 0.25) is 0 Å². The third-order valence-electron chi connectivity index (χ3n) is 5.63. The third-order valence-corrected chi connectivity index (χ3v) is 5.63. The molecule has 1 aliphatic carbocycles. The molecule has 0 spiro atoms. The fraction of sp³-hybridized carbons (Fsp3) is 0.560. The molecule has 0 saturated heterocycles. The lowest BCUT2D eigenvalue weighted by Gasteiger charge is -2.20. The Morgan fingerprint density at radius 2 is 1.97 bits per heavy atom. The second kappa shape index (κ2) is 11.2. The van der Waals surface area contributed by atoms with Gasteiger partial charge in [-0.1, -0.05) is 52.2 Å². The number of nitrogens with zero attached hydrogens (tertiary/aromatic N) is 2. The summed E-state index contributed by atoms with van der Waals surface area (Å²) in [4.78, 5) is 21.6. The summed E-state index contributed by atoms with van der Waals surface area (Å²) in [5.41, 5.74) is 1.80. The maximum absolute atomic E-state index is 12.5. The minimum Gasteiger partial charge on any atom is -0.443 e. The number of carbonyl (C=O) groups is 1. The lowest BCUT2D eigenvalue weighted by molar-refractivity contribution is -0.120. The summed E-state index contributed by atoms with van der Waals surface area (Å²) in [5, 5.41) is 9.61. The van der Waals surface area contributed by atoms with Crippen molar-refractivity contribution in [2.75, 3.05) is 11.9 Å². The number of carbonyl (C=O) groups excluding carboxylic acids is 1. The fourth-order valence-corrected chi connectivity index (χ4v) is 3.77. The Morgan fingerprint density at radius 1 is 1.19 bits per heavy atom. The number of hydrogen-bond donors (Lipinski definition) is 3. The highest BCUT2D eigenvalue weighted by Gasteiger charge is 2.21. The van der Waals surface area contributed by atoms with Crippen molar-refractivity contribution in [2.45, 2.75) is 78.3 Å². The third kappa shape index (κ3) is 7.11. The first kappa shape index (κ1) is 23.8. The van der Waals surface area contributed by atoms with Crippen molar-refractivity contribution < 1.29 is 9.21 Å². The number of hydrogen-bond acceptors (Lipinski definition) is 4. The van der Waals surface area contributed by atoms with Crippen LogP contribution >= 0.6 is 0 Å². The lowest BCUT2D eigenvalue weighted by Crippen LogP contribution is -2.36. The molecule has 1 aromatic carbocycles. The molecule has 174 valence electrons. The van der Waals surface area contributed by atoms with E-state index in [1.807, 2.05) is 31.2 Å². The van der Waals surface area contributed by atoms with E-state index in [0.717, 1.165) is 49.2 Å². The van der Waals surface area contributed by atoms with Gasteiger partial charge in [-0.25, -0.2) is 9.98 Å². The van der Waals surface area contributed by atoms with Crippen molar-refractivity contribution in [1.29, 1.82) is 0 Å². The van der Waals surface area contributed by atoms with Crippen molar-refractivity contribution in [3.05, 3.63) is 47.7 Å². The normalized spacial score (nSPS) is 15.4. The van der Waals surface area contributed by atoms with Gasteiger partial charge in [0.15, 0.2) is 5.96 Å². The van der Waals surface area contributed by atoms with E-state index < -0.39 is 0 Å². The van der Waals surface area contributed by atoms with Gasteiger partial charge < -0.3 is 20.4 Å². The van der Waals surface area contributed by atoms with Crippen LogP contribution in [0.3, 0.4) is 0 Å². The van der Waals surface area contributed by atoms with Crippen LogP contribution in [0.5, 0.6) is 0 Å². The molecular weight excluding hydrogens is 402 g/mol. The molecule has 0 unspecified atom stereocenters. The van der Waals surface area contributed by atoms with Gasteiger partial charge in [0.25, 0.3) is 0 Å². The average Bonchev–Trinajstić information content (AvgIpc) is 3.26. The summed E-state index contributed by atoms with van der Waals surface area (Å²) in [6.07, 6.45) is 7.32. The molecular formula is C25H37N5O2. The molecule has 2 aromatic rings. The van der Waals surface area contributed by atoms with Crippen molar-refractivity contribution in [2.24, 2.45) is 10.9 Å². The molecule has 1 saturated carbocycles. The van der Waals surface area contributed by atoms with Crippen LogP contribution in [0.4, 0.5) is 5.69 Å². The Balaban J connectivity index is 1.57. The molecule has 1 aromatic heterocycles. The Hall–Kier alpha value is -2.83. The predicted molar refractivity (Wildman–Crippen MR) is 129 cm³/mol. The minimum absolute atomic E-state index is 0.0682. The number of anilines is 1. The Kier molecular flexibility index (Phi) is 8.31. The molecule has 3 rings (SSSR count). The van der Waals surface area contributed by atoms with Gasteiger partial charge in [0.05, 0.1) is 19.3 Å². The predicted octanol–water partition coefficient (Wildman–Crippen LogP) is 4.75. The molecule has 1 aliphatic rings. The number of oxazole rings is 1. The van der Waals surface area contributed by atoms with E-state index in [2.05, 4.69) is 46.7 Å². The number of aliphatic imine (C=N–C) groups is 1. The Labute approximate surface area is 191 Å². The monoisotopic (exact) mass is 439 g/mol. The van der Waals surface area contributed by atoms with Crippen LogP contribution in [-0.2, 0) is 23.3 Å². The standard InChI is InChI=1S/C25H37N5O2/c1-5-26-24(29-17-22-27-16-21(32-22)25(2,3)4)28-15-18-10-9-13-20(14-18)30-23(31)19-11-7-6-8-12-19/h9-10,13-14,16,19H,5-8,11-12,15,17H2,1-4H3,(H,30,31)(H2,26,28,29). The molecule has 32 heavy (non-hydrogen) atoms. The summed E-state index contributed by atoms with van der Waals surface area (Å²) in [6.45, 7) is 10.0. The van der Waals surface area contributed by atoms with Crippen molar-refractivity contribution >= 4 is 17.6 Å². The smallest absolute Gasteiger partial charge is 0.227 e. The maximum atomic E-state index is 12.5. The van der Waals surface area contributed by atoms with Crippen LogP contribution < -0.4 is 16.0 Å². The van der Waals surface area contributed by atoms with Gasteiger partial charge in [0.2, 0.25) is 11.8 Å². The zero-order valence-corrected chi connectivity index (χ0v) is 19.8. The van der Waals surface area contributed by atoms with Crippen molar-refractivity contribution in [3.8, 4) is 0 Å². The molecule has 7 nitrogen and oxygen atoms in total. The van der Waals surface area contributed by atoms with Crippen LogP contribution in [0, 0.1) is 5.92 Å². The van der Waals surface area contributed by atoms with Gasteiger partial charge in [-0.2, -0.15) is 0 Å². The van der Waals surface area contributed by atoms with Crippen molar-refractivity contribution in [1.82, 2.24) is 15.6 Å². The minimum atomic E-state index is -0.0682. The zero-order chi connectivity index (χ0) is 23.0. The summed E-state index contributed by atoms with van der Waals surface area (Å²) >= 11 is 0. The SMILES string of the molecule is CCNC(=NCc1cccc(NC(=O)C2CCCCC2)c1)NCc1ncc(C(C)(C)C)o1. The van der Waals surface area contributed by atoms with Gasteiger partial charge in [-0.15, -0.1) is 0 Å². The van der Waals surface area contributed by atoms with Gasteiger partial charge in [-0.3, -0.25) is 4.79 Å². The quantitative estimate of drug-likeness (QED) is 0.428. The van der Waals surface area contributed by atoms with Gasteiger partial charge in [0, 0.05) is 23.6 Å². The molecule has 1 heterocycles. The van der Waals surface area contributed by atoms with Gasteiger partial charge in [-0.05, 0) is 37.5 Å². The molecule has 1 amide bonds. The number of nitrogens with one attached hydrogen (secondary N) is 3. The Bertz CT molecular complexity index is 907. The summed E-state index contributed by atoms with van der Waals surface area (Å²) in [5.74, 6) is 2.47. The van der Waals surface area contributed by atoms with E-state index in [1.165, 1.54) is 6.42 Å². The van der Waals surface area contributed by atoms with E-state index in [1.54, 1.807) is 6.20 Å². The number of benzene rings is 1. The van der Waals surface area contributed by atoms with E-state index in [4.69, 9.17) is 4.42 Å². The van der Waals surface area contributed by atoms with Crippen LogP contribution in [-0.4, -0.2) is 23.4 Å². The highest BCUT2D eigenvalue weighted by atomic mass is 16.4. The topological polar surface area (TPSA) is 91.5 Å². The molecule has 1 fully saturated rings. The molecule has 0 bridgehead atoms. The van der Waals surface area contributed by atoms with E-state index in [-0.39, 0.29) is 17.2 Å². The van der Waals surface area contributed by atoms with E-state index in [0.29, 0.717) is 24.9 Å². The second-order valence-electron chi connectivity index (χ2n) is 9.44. The molecule has 0 aliphatic heterocycles. The summed E-state index contributed by atoms with van der Waals surface area (Å²) < 4.78 is 5.85. The van der Waals surface area contributed by atoms with Crippen molar-refractivity contribution in [3.63, 3.8) is 0 Å². The van der Waals surface area contributed by atoms with E-state index >= 15 is 0 Å². The first-order chi connectivity index (χ1) is 15.3. The Morgan fingerprint density at radius 3 is 2.66 bits per heavy atom. The summed E-state index contributed by atoms with van der Waals surface area (Å²) in [6, 6.07) is 7.92. The number of guanidine groups is 1. The lowest BCUT2D eigenvalue weighted by atomic mass is 9.88. The average molecular weight is 440 g/mol. The van der Waals surface area contributed by atoms with E-state index in [9.17, 15) is 4.79 Å². The van der Waals surface area contributed by atoms with Crippen LogP contribution in [0.15, 0.2) is 39.9 Å². The molecule has 0 atom stereocenters. The largest absolute Gasteiger partial charge is 0.443 e. The van der Waals surface area contributed by atoms with Gasteiger partial charge in [0.1, 0.15) is 5.76 Å². The zero-order valence-electron chi connectivity index (χ0n) is 19.8. The second-order valence-corrected chi connectivity index (χ2v) is 9.44. The molecule has 0 radical (unpaired) electrons. The highest BCUT2D eigenvalue weighted by Crippen LogP contribution is 2.25. The molecule has 7 heteroatoms. The maximum Gasteiger partial charge on any atom is 0.227 e. The number of aromatic nitrogens is 1. The fourth-order valence-electron chi connectivity index (χ4n) is 3.77. The molecule has 3 N–H and O–H groups in total. The van der Waals surface area contributed by atoms with Gasteiger partial charge >= 0.3 is 0 Å².